The molecule has 1 atom stereocenters. The van der Waals surface area contributed by atoms with Crippen LogP contribution in [0.15, 0.2) is 12.4 Å². The largest absolute Gasteiger partial charge is 0.410 e. The fourth-order valence-corrected chi connectivity index (χ4v) is 7.93. The Bertz CT molecular complexity index is 543. The van der Waals surface area contributed by atoms with E-state index in [4.69, 9.17) is 27.6 Å². The minimum absolute atomic E-state index is 0.00507. The van der Waals surface area contributed by atoms with Crippen LogP contribution in [0.4, 0.5) is 0 Å². The highest BCUT2D eigenvalue weighted by Crippen LogP contribution is 2.44. The fourth-order valence-electron chi connectivity index (χ4n) is 4.49. The minimum Gasteiger partial charge on any atom is -0.410 e. The first kappa shape index (κ1) is 22.2. The van der Waals surface area contributed by atoms with Crippen LogP contribution < -0.4 is 0 Å². The number of hydrogen-bond acceptors (Lipinski definition) is 2. The zero-order chi connectivity index (χ0) is 19.2. The molecule has 0 aliphatic heterocycles. The van der Waals surface area contributed by atoms with E-state index in [0.29, 0.717) is 15.5 Å². The number of nitrogens with zero attached hydrogens (tertiary/aromatic N) is 1. The van der Waals surface area contributed by atoms with Gasteiger partial charge in [0.05, 0.1) is 16.1 Å². The Morgan fingerprint density at radius 1 is 1.08 bits per heavy atom. The van der Waals surface area contributed by atoms with Crippen LogP contribution in [0.25, 0.3) is 0 Å². The summed E-state index contributed by atoms with van der Waals surface area (Å²) in [5, 5.41) is 1.28. The van der Waals surface area contributed by atoms with Gasteiger partial charge < -0.3 is 4.43 Å². The molecule has 2 nitrogen and oxygen atoms in total. The summed E-state index contributed by atoms with van der Waals surface area (Å²) in [6.07, 6.45) is 12.3. The van der Waals surface area contributed by atoms with Gasteiger partial charge in [0, 0.05) is 18.0 Å². The van der Waals surface area contributed by atoms with Gasteiger partial charge in [0.25, 0.3) is 0 Å². The molecule has 1 aliphatic carbocycles. The molecule has 0 spiro atoms. The summed E-state index contributed by atoms with van der Waals surface area (Å²) < 4.78 is 6.87. The standard InChI is InChI=1S/C21H35Cl2NOSi/c1-5-26(6-2,7-3)25-19(20-17(22)15-24-16-18(20)23)11-10-14-21(4)12-8-9-13-21/h15-16,19H,5-14H2,1-4H3. The molecule has 0 N–H and O–H groups in total. The third kappa shape index (κ3) is 5.47. The van der Waals surface area contributed by atoms with Crippen molar-refractivity contribution in [3.63, 3.8) is 0 Å². The monoisotopic (exact) mass is 415 g/mol. The van der Waals surface area contributed by atoms with Gasteiger partial charge in [-0.3, -0.25) is 4.98 Å². The maximum Gasteiger partial charge on any atom is 0.192 e. The minimum atomic E-state index is -1.75. The summed E-state index contributed by atoms with van der Waals surface area (Å²) in [5.41, 5.74) is 1.47. The number of aromatic nitrogens is 1. The average Bonchev–Trinajstić information content (AvgIpc) is 3.06. The normalized spacial score (nSPS) is 18.2. The lowest BCUT2D eigenvalue weighted by Crippen LogP contribution is -2.37. The predicted molar refractivity (Wildman–Crippen MR) is 116 cm³/mol. The first-order valence-corrected chi connectivity index (χ1v) is 13.6. The SMILES string of the molecule is CC[Si](CC)(CC)OC(CCCC1(C)CCCC1)c1c(Cl)cncc1Cl. The Kier molecular flexibility index (Phi) is 8.46. The third-order valence-corrected chi connectivity index (χ3v) is 11.8. The first-order valence-electron chi connectivity index (χ1n) is 10.4. The Morgan fingerprint density at radius 2 is 1.62 bits per heavy atom. The molecule has 1 aromatic rings. The number of pyridine rings is 1. The van der Waals surface area contributed by atoms with Crippen molar-refractivity contribution in [3.05, 3.63) is 28.0 Å². The molecule has 1 aliphatic rings. The molecule has 0 radical (unpaired) electrons. The van der Waals surface area contributed by atoms with Crippen molar-refractivity contribution in [2.24, 2.45) is 5.41 Å². The van der Waals surface area contributed by atoms with Gasteiger partial charge in [-0.15, -0.1) is 0 Å². The Balaban J connectivity index is 2.18. The van der Waals surface area contributed by atoms with Crippen LogP contribution in [0, 0.1) is 5.41 Å². The van der Waals surface area contributed by atoms with Gasteiger partial charge in [-0.2, -0.15) is 0 Å². The molecular weight excluding hydrogens is 381 g/mol. The summed E-state index contributed by atoms with van der Waals surface area (Å²) in [7, 11) is -1.75. The predicted octanol–water partition coefficient (Wildman–Crippen LogP) is 8.20. The van der Waals surface area contributed by atoms with Crippen molar-refractivity contribution < 1.29 is 4.43 Å². The van der Waals surface area contributed by atoms with Crippen LogP contribution >= 0.6 is 23.2 Å². The van der Waals surface area contributed by atoms with Crippen LogP contribution in [-0.2, 0) is 4.43 Å². The molecule has 1 heterocycles. The van der Waals surface area contributed by atoms with Crippen molar-refractivity contribution in [3.8, 4) is 0 Å². The number of rotatable bonds is 10. The van der Waals surface area contributed by atoms with Crippen molar-refractivity contribution in [1.82, 2.24) is 4.98 Å². The molecule has 0 bridgehead atoms. The second-order valence-corrected chi connectivity index (χ2v) is 13.8. The van der Waals surface area contributed by atoms with E-state index in [-0.39, 0.29) is 6.10 Å². The van der Waals surface area contributed by atoms with E-state index in [1.807, 2.05) is 0 Å². The molecule has 26 heavy (non-hydrogen) atoms. The number of hydrogen-bond donors (Lipinski definition) is 0. The Hall–Kier alpha value is -0.0931. The smallest absolute Gasteiger partial charge is 0.192 e. The highest BCUT2D eigenvalue weighted by Gasteiger charge is 2.35. The lowest BCUT2D eigenvalue weighted by atomic mass is 9.83. The van der Waals surface area contributed by atoms with Crippen molar-refractivity contribution >= 4 is 31.5 Å². The second-order valence-electron chi connectivity index (χ2n) is 8.28. The van der Waals surface area contributed by atoms with Crippen molar-refractivity contribution in [2.75, 3.05) is 0 Å². The van der Waals surface area contributed by atoms with Gasteiger partial charge >= 0.3 is 0 Å². The molecule has 1 saturated carbocycles. The van der Waals surface area contributed by atoms with Gasteiger partial charge in [0.15, 0.2) is 8.32 Å². The Labute approximate surface area is 171 Å². The summed E-state index contributed by atoms with van der Waals surface area (Å²) in [6.45, 7) is 9.26. The average molecular weight is 417 g/mol. The molecular formula is C21H35Cl2NOSi. The molecule has 5 heteroatoms. The molecule has 2 rings (SSSR count). The molecule has 1 unspecified atom stereocenters. The lowest BCUT2D eigenvalue weighted by molar-refractivity contribution is 0.166. The quantitative estimate of drug-likeness (QED) is 0.359. The van der Waals surface area contributed by atoms with Gasteiger partial charge in [-0.05, 0) is 49.2 Å². The van der Waals surface area contributed by atoms with Crippen molar-refractivity contribution in [1.29, 1.82) is 0 Å². The fraction of sp³-hybridized carbons (Fsp3) is 0.762. The van der Waals surface area contributed by atoms with Crippen molar-refractivity contribution in [2.45, 2.75) is 96.9 Å². The van der Waals surface area contributed by atoms with E-state index < -0.39 is 8.32 Å². The Morgan fingerprint density at radius 3 is 2.12 bits per heavy atom. The zero-order valence-electron chi connectivity index (χ0n) is 16.9. The molecule has 0 saturated heterocycles. The molecule has 1 aromatic heterocycles. The van der Waals surface area contributed by atoms with E-state index in [2.05, 4.69) is 32.7 Å². The van der Waals surface area contributed by atoms with Gasteiger partial charge in [-0.1, -0.05) is 70.2 Å². The van der Waals surface area contributed by atoms with Crippen LogP contribution in [-0.4, -0.2) is 13.3 Å². The molecule has 1 fully saturated rings. The van der Waals surface area contributed by atoms with E-state index in [1.165, 1.54) is 32.1 Å². The highest BCUT2D eigenvalue weighted by atomic mass is 35.5. The van der Waals surface area contributed by atoms with E-state index in [9.17, 15) is 0 Å². The molecule has 0 amide bonds. The van der Waals surface area contributed by atoms with Gasteiger partial charge in [-0.25, -0.2) is 0 Å². The maximum absolute atomic E-state index is 6.87. The first-order chi connectivity index (χ1) is 12.4. The van der Waals surface area contributed by atoms with Crippen LogP contribution in [0.2, 0.25) is 28.2 Å². The lowest BCUT2D eigenvalue weighted by Gasteiger charge is -2.35. The summed E-state index contributed by atoms with van der Waals surface area (Å²) >= 11 is 13.0. The highest BCUT2D eigenvalue weighted by molar-refractivity contribution is 6.73. The van der Waals surface area contributed by atoms with Crippen LogP contribution in [0.5, 0.6) is 0 Å². The second kappa shape index (κ2) is 9.91. The van der Waals surface area contributed by atoms with E-state index >= 15 is 0 Å². The van der Waals surface area contributed by atoms with Gasteiger partial charge in [0.1, 0.15) is 0 Å². The third-order valence-electron chi connectivity index (χ3n) is 6.59. The van der Waals surface area contributed by atoms with Gasteiger partial charge in [0.2, 0.25) is 0 Å². The number of halogens is 2. The summed E-state index contributed by atoms with van der Waals surface area (Å²) in [5.74, 6) is 0. The van der Waals surface area contributed by atoms with Crippen LogP contribution in [0.3, 0.4) is 0 Å². The summed E-state index contributed by atoms with van der Waals surface area (Å²) in [6, 6.07) is 3.40. The topological polar surface area (TPSA) is 22.1 Å². The molecule has 148 valence electrons. The van der Waals surface area contributed by atoms with Crippen LogP contribution in [0.1, 0.15) is 84.3 Å². The zero-order valence-corrected chi connectivity index (χ0v) is 19.4. The van der Waals surface area contributed by atoms with E-state index in [1.54, 1.807) is 12.4 Å². The summed E-state index contributed by atoms with van der Waals surface area (Å²) in [4.78, 5) is 4.13. The maximum atomic E-state index is 6.87. The van der Waals surface area contributed by atoms with E-state index in [0.717, 1.165) is 36.5 Å². The molecule has 0 aromatic carbocycles.